The molecule has 6 nitrogen and oxygen atoms in total. The van der Waals surface area contributed by atoms with Gasteiger partial charge in [0.1, 0.15) is 0 Å². The maximum Gasteiger partial charge on any atom is 0.278 e. The molecule has 0 unspecified atom stereocenters. The summed E-state index contributed by atoms with van der Waals surface area (Å²) in [6.07, 6.45) is 0. The van der Waals surface area contributed by atoms with E-state index in [-0.39, 0.29) is 0 Å². The molecule has 7 N–H and O–H groups in total. The van der Waals surface area contributed by atoms with Gasteiger partial charge in [0, 0.05) is 0 Å². The fourth-order valence-corrected chi connectivity index (χ4v) is 0.429. The number of nitrogens with one attached hydrogen (secondary N) is 1. The molecule has 6 heteroatoms. The molecule has 0 amide bonds. The van der Waals surface area contributed by atoms with E-state index >= 15 is 0 Å². The van der Waals surface area contributed by atoms with E-state index in [1.807, 2.05) is 0 Å². The van der Waals surface area contributed by atoms with Gasteiger partial charge in [-0.3, -0.25) is 5.73 Å². The Morgan fingerprint density at radius 3 is 2.00 bits per heavy atom. The molecule has 0 aromatic carbocycles. The van der Waals surface area contributed by atoms with Gasteiger partial charge in [0.25, 0.3) is 5.91 Å². The SMILES string of the molecule is CCNCC(O)(O)C(N)(O)O. The monoisotopic (exact) mass is 166 g/mol. The minimum Gasteiger partial charge on any atom is -0.359 e. The first kappa shape index (κ1) is 10.8. The first-order valence-electron chi connectivity index (χ1n) is 3.20. The van der Waals surface area contributed by atoms with Crippen molar-refractivity contribution in [3.05, 3.63) is 0 Å². The molecule has 0 atom stereocenters. The van der Waals surface area contributed by atoms with Crippen LogP contribution < -0.4 is 11.1 Å². The average molecular weight is 166 g/mol. The largest absolute Gasteiger partial charge is 0.359 e. The maximum atomic E-state index is 8.85. The summed E-state index contributed by atoms with van der Waals surface area (Å²) in [5, 5.41) is 37.3. The van der Waals surface area contributed by atoms with Crippen molar-refractivity contribution in [2.24, 2.45) is 5.73 Å². The number of rotatable bonds is 4. The third-order valence-corrected chi connectivity index (χ3v) is 1.21. The van der Waals surface area contributed by atoms with Crippen LogP contribution in [0.5, 0.6) is 0 Å². The zero-order chi connectivity index (χ0) is 9.12. The molecule has 11 heavy (non-hydrogen) atoms. The molecule has 0 saturated carbocycles. The molecule has 0 aromatic rings. The highest BCUT2D eigenvalue weighted by Crippen LogP contribution is 2.08. The fraction of sp³-hybridized carbons (Fsp3) is 1.00. The van der Waals surface area contributed by atoms with E-state index in [1.165, 1.54) is 0 Å². The summed E-state index contributed by atoms with van der Waals surface area (Å²) in [6, 6.07) is 0. The van der Waals surface area contributed by atoms with Gasteiger partial charge in [-0.05, 0) is 6.54 Å². The van der Waals surface area contributed by atoms with Crippen molar-refractivity contribution in [1.29, 1.82) is 0 Å². The van der Waals surface area contributed by atoms with Gasteiger partial charge in [0.2, 0.25) is 5.79 Å². The second-order valence-corrected chi connectivity index (χ2v) is 2.32. The Morgan fingerprint density at radius 1 is 1.27 bits per heavy atom. The van der Waals surface area contributed by atoms with Crippen LogP contribution in [0.15, 0.2) is 0 Å². The van der Waals surface area contributed by atoms with Crippen LogP contribution in [0.25, 0.3) is 0 Å². The van der Waals surface area contributed by atoms with Crippen LogP contribution in [-0.4, -0.2) is 45.2 Å². The van der Waals surface area contributed by atoms with E-state index < -0.39 is 18.2 Å². The van der Waals surface area contributed by atoms with Crippen molar-refractivity contribution in [1.82, 2.24) is 5.32 Å². The molecule has 0 aliphatic carbocycles. The lowest BCUT2D eigenvalue weighted by molar-refractivity contribution is -0.350. The van der Waals surface area contributed by atoms with Crippen LogP contribution in [0.1, 0.15) is 6.92 Å². The lowest BCUT2D eigenvalue weighted by Gasteiger charge is -2.31. The molecule has 0 aliphatic heterocycles. The van der Waals surface area contributed by atoms with Gasteiger partial charge >= 0.3 is 0 Å². The molecule has 0 radical (unpaired) electrons. The zero-order valence-electron chi connectivity index (χ0n) is 6.28. The Kier molecular flexibility index (Phi) is 3.36. The second-order valence-electron chi connectivity index (χ2n) is 2.32. The quantitative estimate of drug-likeness (QED) is 0.246. The van der Waals surface area contributed by atoms with Gasteiger partial charge in [-0.2, -0.15) is 0 Å². The summed E-state index contributed by atoms with van der Waals surface area (Å²) in [7, 11) is 0. The second kappa shape index (κ2) is 3.44. The van der Waals surface area contributed by atoms with Crippen LogP contribution in [0.3, 0.4) is 0 Å². The first-order valence-corrected chi connectivity index (χ1v) is 3.20. The average Bonchev–Trinajstić information content (AvgIpc) is 1.81. The first-order chi connectivity index (χ1) is 4.81. The summed E-state index contributed by atoms with van der Waals surface area (Å²) >= 11 is 0. The summed E-state index contributed by atoms with van der Waals surface area (Å²) in [6.45, 7) is 1.79. The topological polar surface area (TPSA) is 119 Å². The highest BCUT2D eigenvalue weighted by atomic mass is 16.6. The van der Waals surface area contributed by atoms with E-state index in [0.717, 1.165) is 0 Å². The lowest BCUT2D eigenvalue weighted by Crippen LogP contribution is -2.64. The number of nitrogens with two attached hydrogens (primary N) is 1. The molecule has 0 rings (SSSR count). The van der Waals surface area contributed by atoms with E-state index in [1.54, 1.807) is 6.92 Å². The molecule has 0 bridgehead atoms. The van der Waals surface area contributed by atoms with Gasteiger partial charge in [-0.15, -0.1) is 0 Å². The van der Waals surface area contributed by atoms with Crippen molar-refractivity contribution in [3.8, 4) is 0 Å². The zero-order valence-corrected chi connectivity index (χ0v) is 6.28. The van der Waals surface area contributed by atoms with Gasteiger partial charge in [0.15, 0.2) is 0 Å². The number of hydrogen-bond donors (Lipinski definition) is 6. The van der Waals surface area contributed by atoms with Crippen LogP contribution in [-0.2, 0) is 0 Å². The molecule has 0 saturated heterocycles. The Bertz CT molecular complexity index is 120. The fourth-order valence-electron chi connectivity index (χ4n) is 0.429. The van der Waals surface area contributed by atoms with Crippen LogP contribution in [0, 0.1) is 0 Å². The Labute approximate surface area is 64.3 Å². The normalized spacial score (nSPS) is 13.6. The third-order valence-electron chi connectivity index (χ3n) is 1.21. The Hall–Kier alpha value is -0.240. The molecular formula is C5H14N2O4. The van der Waals surface area contributed by atoms with Gasteiger partial charge in [0.05, 0.1) is 6.54 Å². The molecule has 0 heterocycles. The van der Waals surface area contributed by atoms with Crippen molar-refractivity contribution in [3.63, 3.8) is 0 Å². The van der Waals surface area contributed by atoms with E-state index in [0.29, 0.717) is 6.54 Å². The highest BCUT2D eigenvalue weighted by Gasteiger charge is 2.43. The maximum absolute atomic E-state index is 8.85. The van der Waals surface area contributed by atoms with E-state index in [4.69, 9.17) is 20.4 Å². The Balaban J connectivity index is 4.00. The van der Waals surface area contributed by atoms with E-state index in [9.17, 15) is 0 Å². The molecule has 0 aromatic heterocycles. The van der Waals surface area contributed by atoms with Gasteiger partial charge in [-0.25, -0.2) is 0 Å². The van der Waals surface area contributed by atoms with Crippen molar-refractivity contribution >= 4 is 0 Å². The van der Waals surface area contributed by atoms with Gasteiger partial charge in [-0.1, -0.05) is 6.92 Å². The molecule has 0 fully saturated rings. The predicted octanol–water partition coefficient (Wildman–Crippen LogP) is -3.13. The lowest BCUT2D eigenvalue weighted by atomic mass is 10.2. The summed E-state index contributed by atoms with van der Waals surface area (Å²) in [4.78, 5) is 0. The number of hydrogen-bond acceptors (Lipinski definition) is 6. The summed E-state index contributed by atoms with van der Waals surface area (Å²) < 4.78 is 0. The van der Waals surface area contributed by atoms with Crippen LogP contribution in [0.4, 0.5) is 0 Å². The summed E-state index contributed by atoms with van der Waals surface area (Å²) in [5.74, 6) is -5.74. The minimum atomic E-state index is -3.00. The van der Waals surface area contributed by atoms with Crippen molar-refractivity contribution in [2.45, 2.75) is 18.6 Å². The van der Waals surface area contributed by atoms with Crippen LogP contribution in [0.2, 0.25) is 0 Å². The standard InChI is InChI=1S/C5H14N2O4/c1-2-7-3-4(8,9)5(6,10)11/h7-11H,2-3,6H2,1H3. The van der Waals surface area contributed by atoms with Crippen LogP contribution >= 0.6 is 0 Å². The highest BCUT2D eigenvalue weighted by molar-refractivity contribution is 4.78. The molecule has 0 spiro atoms. The number of likely N-dealkylation sites (N-methyl/N-ethyl adjacent to an activating group) is 1. The number of aliphatic hydroxyl groups is 4. The summed E-state index contributed by atoms with van der Waals surface area (Å²) in [5.41, 5.74) is 4.63. The minimum absolute atomic E-state index is 0.410. The van der Waals surface area contributed by atoms with Crippen molar-refractivity contribution < 1.29 is 20.4 Å². The predicted molar refractivity (Wildman–Crippen MR) is 37.1 cm³/mol. The third kappa shape index (κ3) is 3.10. The Morgan fingerprint density at radius 2 is 1.73 bits per heavy atom. The van der Waals surface area contributed by atoms with E-state index in [2.05, 4.69) is 11.1 Å². The van der Waals surface area contributed by atoms with Crippen molar-refractivity contribution in [2.75, 3.05) is 13.1 Å². The smallest absolute Gasteiger partial charge is 0.278 e. The molecular weight excluding hydrogens is 152 g/mol. The molecule has 0 aliphatic rings. The molecule has 68 valence electrons. The van der Waals surface area contributed by atoms with Gasteiger partial charge < -0.3 is 25.7 Å².